The van der Waals surface area contributed by atoms with Crippen LogP contribution in [-0.4, -0.2) is 54.0 Å². The van der Waals surface area contributed by atoms with E-state index in [1.165, 1.54) is 12.1 Å². The Kier molecular flexibility index (Phi) is 4.99. The van der Waals surface area contributed by atoms with Gasteiger partial charge in [-0.3, -0.25) is 9.69 Å². The van der Waals surface area contributed by atoms with Crippen LogP contribution < -0.4 is 11.1 Å². The number of piperidine rings is 1. The van der Waals surface area contributed by atoms with Gasteiger partial charge in [-0.05, 0) is 36.5 Å². The number of nitrogens with one attached hydrogen (secondary N) is 1. The fourth-order valence-electron chi connectivity index (χ4n) is 3.73. The van der Waals surface area contributed by atoms with E-state index in [9.17, 15) is 14.0 Å². The van der Waals surface area contributed by atoms with Crippen molar-refractivity contribution in [3.8, 4) is 0 Å². The van der Waals surface area contributed by atoms with Gasteiger partial charge in [0.1, 0.15) is 5.82 Å². The summed E-state index contributed by atoms with van der Waals surface area (Å²) in [5, 5.41) is 2.38. The van der Waals surface area contributed by atoms with Crippen LogP contribution >= 0.6 is 0 Å². The molecule has 3 aliphatic heterocycles. The van der Waals surface area contributed by atoms with Gasteiger partial charge in [0.25, 0.3) is 0 Å². The van der Waals surface area contributed by atoms with Crippen LogP contribution in [0.2, 0.25) is 0 Å². The number of rotatable bonds is 4. The molecule has 4 rings (SSSR count). The Morgan fingerprint density at radius 1 is 1.17 bits per heavy atom. The number of amides is 3. The maximum absolute atomic E-state index is 13.0. The summed E-state index contributed by atoms with van der Waals surface area (Å²) >= 11 is 0. The van der Waals surface area contributed by atoms with E-state index in [0.29, 0.717) is 5.92 Å². The molecule has 3 fully saturated rings. The average Bonchev–Trinajstić information content (AvgIpc) is 2.85. The van der Waals surface area contributed by atoms with Crippen molar-refractivity contribution in [1.29, 1.82) is 0 Å². The third-order valence-electron chi connectivity index (χ3n) is 4.84. The molecule has 0 aromatic heterocycles. The van der Waals surface area contributed by atoms with Gasteiger partial charge in [-0.1, -0.05) is 12.1 Å². The van der Waals surface area contributed by atoms with Crippen molar-refractivity contribution < 1.29 is 14.0 Å². The van der Waals surface area contributed by atoms with Gasteiger partial charge in [0, 0.05) is 32.2 Å². The third-order valence-corrected chi connectivity index (χ3v) is 4.84. The minimum Gasteiger partial charge on any atom is -0.352 e. The van der Waals surface area contributed by atoms with Crippen LogP contribution in [0.15, 0.2) is 24.3 Å². The van der Waals surface area contributed by atoms with Gasteiger partial charge < -0.3 is 16.0 Å². The fourth-order valence-corrected chi connectivity index (χ4v) is 3.73. The zero-order valence-corrected chi connectivity index (χ0v) is 13.6. The molecule has 1 aromatic rings. The summed E-state index contributed by atoms with van der Waals surface area (Å²) in [6.45, 7) is 3.17. The molecule has 2 atom stereocenters. The first-order chi connectivity index (χ1) is 11.5. The van der Waals surface area contributed by atoms with Crippen LogP contribution in [0, 0.1) is 11.7 Å². The Labute approximate surface area is 140 Å². The van der Waals surface area contributed by atoms with Crippen molar-refractivity contribution in [2.24, 2.45) is 11.7 Å². The molecular formula is C17H23FN4O2. The molecule has 0 spiro atoms. The summed E-state index contributed by atoms with van der Waals surface area (Å²) in [7, 11) is 0. The molecule has 1 aromatic carbocycles. The molecule has 3 heterocycles. The summed E-state index contributed by atoms with van der Waals surface area (Å²) in [5.74, 6) is 0.127. The van der Waals surface area contributed by atoms with Gasteiger partial charge in [-0.25, -0.2) is 9.18 Å². The number of benzene rings is 1. The van der Waals surface area contributed by atoms with E-state index in [-0.39, 0.29) is 24.3 Å². The van der Waals surface area contributed by atoms with Crippen molar-refractivity contribution in [3.05, 3.63) is 35.6 Å². The number of fused-ring (bicyclic) bond motifs is 4. The first kappa shape index (κ1) is 16.7. The van der Waals surface area contributed by atoms with E-state index in [2.05, 4.69) is 10.2 Å². The number of nitrogens with two attached hydrogens (primary N) is 1. The Balaban J connectivity index is 1.63. The molecule has 7 heteroatoms. The highest BCUT2D eigenvalue weighted by Crippen LogP contribution is 2.28. The van der Waals surface area contributed by atoms with Gasteiger partial charge in [0.2, 0.25) is 5.91 Å². The summed E-state index contributed by atoms with van der Waals surface area (Å²) in [5.41, 5.74) is 6.11. The smallest absolute Gasteiger partial charge is 0.312 e. The highest BCUT2D eigenvalue weighted by atomic mass is 19.1. The molecule has 3 N–H and O–H groups in total. The SMILES string of the molecule is NC(=O)NCC(=O)N1C[C@H]2CC[C@@H]1CN(Cc1ccc(F)cc1)C2. The molecule has 0 unspecified atom stereocenters. The van der Waals surface area contributed by atoms with E-state index >= 15 is 0 Å². The van der Waals surface area contributed by atoms with Crippen LogP contribution in [0.1, 0.15) is 18.4 Å². The molecule has 0 radical (unpaired) electrons. The van der Waals surface area contributed by atoms with Crippen molar-refractivity contribution >= 4 is 11.9 Å². The maximum Gasteiger partial charge on any atom is 0.312 e. The lowest BCUT2D eigenvalue weighted by atomic mass is 9.95. The molecule has 2 bridgehead atoms. The van der Waals surface area contributed by atoms with Crippen molar-refractivity contribution in [3.63, 3.8) is 0 Å². The van der Waals surface area contributed by atoms with E-state index in [4.69, 9.17) is 5.73 Å². The number of nitrogens with zero attached hydrogens (tertiary/aromatic N) is 2. The first-order valence-electron chi connectivity index (χ1n) is 8.31. The maximum atomic E-state index is 13.0. The van der Waals surface area contributed by atoms with E-state index in [1.54, 1.807) is 0 Å². The fraction of sp³-hybridized carbons (Fsp3) is 0.529. The molecule has 0 aliphatic carbocycles. The zero-order valence-electron chi connectivity index (χ0n) is 13.6. The van der Waals surface area contributed by atoms with Crippen LogP contribution in [-0.2, 0) is 11.3 Å². The number of carbonyl (C=O) groups excluding carboxylic acids is 2. The Hall–Kier alpha value is -2.15. The van der Waals surface area contributed by atoms with Crippen LogP contribution in [0.5, 0.6) is 0 Å². The molecule has 6 nitrogen and oxygen atoms in total. The second-order valence-corrected chi connectivity index (χ2v) is 6.68. The molecule has 24 heavy (non-hydrogen) atoms. The quantitative estimate of drug-likeness (QED) is 0.859. The lowest BCUT2D eigenvalue weighted by molar-refractivity contribution is -0.134. The summed E-state index contributed by atoms with van der Waals surface area (Å²) < 4.78 is 13.0. The van der Waals surface area contributed by atoms with Crippen molar-refractivity contribution in [1.82, 2.24) is 15.1 Å². The number of halogens is 1. The highest BCUT2D eigenvalue weighted by molar-refractivity contribution is 5.83. The van der Waals surface area contributed by atoms with E-state index < -0.39 is 6.03 Å². The standard InChI is InChI=1S/C17H23FN4O2/c18-14-4-1-12(2-5-14)8-21-9-13-3-6-15(11-21)22(10-13)16(23)7-20-17(19)24/h1-2,4-5,13,15H,3,6-11H2,(H3,19,20,24)/t13-,15+/m0/s1. The van der Waals surface area contributed by atoms with Gasteiger partial charge in [-0.15, -0.1) is 0 Å². The number of primary amides is 1. The predicted molar refractivity (Wildman–Crippen MR) is 87.5 cm³/mol. The molecule has 3 saturated heterocycles. The Morgan fingerprint density at radius 2 is 1.92 bits per heavy atom. The summed E-state index contributed by atoms with van der Waals surface area (Å²) in [4.78, 5) is 27.4. The van der Waals surface area contributed by atoms with E-state index in [1.807, 2.05) is 17.0 Å². The average molecular weight is 334 g/mol. The van der Waals surface area contributed by atoms with Gasteiger partial charge in [-0.2, -0.15) is 0 Å². The minimum atomic E-state index is -0.679. The van der Waals surface area contributed by atoms with Gasteiger partial charge >= 0.3 is 6.03 Å². The Morgan fingerprint density at radius 3 is 2.62 bits per heavy atom. The van der Waals surface area contributed by atoms with Crippen LogP contribution in [0.3, 0.4) is 0 Å². The lowest BCUT2D eigenvalue weighted by Crippen LogP contribution is -2.51. The number of hydrogen-bond donors (Lipinski definition) is 2. The molecule has 0 saturated carbocycles. The van der Waals surface area contributed by atoms with Crippen molar-refractivity contribution in [2.75, 3.05) is 26.2 Å². The monoisotopic (exact) mass is 334 g/mol. The lowest BCUT2D eigenvalue weighted by Gasteiger charge is -2.36. The van der Waals surface area contributed by atoms with E-state index in [0.717, 1.165) is 44.6 Å². The predicted octanol–water partition coefficient (Wildman–Crippen LogP) is 0.917. The topological polar surface area (TPSA) is 78.7 Å². The second kappa shape index (κ2) is 7.17. The number of urea groups is 1. The summed E-state index contributed by atoms with van der Waals surface area (Å²) in [6, 6.07) is 6.05. The molecule has 3 aliphatic rings. The van der Waals surface area contributed by atoms with Gasteiger partial charge in [0.15, 0.2) is 0 Å². The van der Waals surface area contributed by atoms with Gasteiger partial charge in [0.05, 0.1) is 6.54 Å². The van der Waals surface area contributed by atoms with Crippen LogP contribution in [0.4, 0.5) is 9.18 Å². The third kappa shape index (κ3) is 4.03. The molecule has 130 valence electrons. The van der Waals surface area contributed by atoms with Crippen LogP contribution in [0.25, 0.3) is 0 Å². The normalized spacial score (nSPS) is 23.8. The molecule has 3 amide bonds. The highest BCUT2D eigenvalue weighted by Gasteiger charge is 2.36. The second-order valence-electron chi connectivity index (χ2n) is 6.68. The number of carbonyl (C=O) groups is 2. The van der Waals surface area contributed by atoms with Crippen molar-refractivity contribution in [2.45, 2.75) is 25.4 Å². The minimum absolute atomic E-state index is 0.0451. The first-order valence-corrected chi connectivity index (χ1v) is 8.31. The largest absolute Gasteiger partial charge is 0.352 e. The number of hydrogen-bond acceptors (Lipinski definition) is 3. The summed E-state index contributed by atoms with van der Waals surface area (Å²) in [6.07, 6.45) is 2.09. The zero-order chi connectivity index (χ0) is 17.1. The Bertz CT molecular complexity index is 607. The molecular weight excluding hydrogens is 311 g/mol.